The van der Waals surface area contributed by atoms with Gasteiger partial charge in [0.1, 0.15) is 0 Å². The smallest absolute Gasteiger partial charge is 0.155 e. The number of nitrogens with zero attached hydrogens (tertiary/aromatic N) is 3. The Morgan fingerprint density at radius 2 is 1.94 bits per heavy atom. The van der Waals surface area contributed by atoms with E-state index in [9.17, 15) is 0 Å². The maximum Gasteiger partial charge on any atom is 0.155 e. The molecule has 0 fully saturated rings. The molecule has 3 nitrogen and oxygen atoms in total. The van der Waals surface area contributed by atoms with Gasteiger partial charge in [-0.25, -0.2) is 0 Å². The number of rotatable bonds is 2. The van der Waals surface area contributed by atoms with Crippen LogP contribution in [0.15, 0.2) is 18.2 Å². The van der Waals surface area contributed by atoms with Crippen LogP contribution in [0.5, 0.6) is 0 Å². The molecule has 0 spiro atoms. The topological polar surface area (TPSA) is 6.48 Å². The molecular formula is C13H22N3+. The summed E-state index contributed by atoms with van der Waals surface area (Å²) in [6, 6.07) is 6.54. The number of para-hydroxylation sites is 1. The van der Waals surface area contributed by atoms with E-state index in [4.69, 9.17) is 0 Å². The van der Waals surface area contributed by atoms with Gasteiger partial charge in [-0.2, -0.15) is 0 Å². The van der Waals surface area contributed by atoms with Crippen molar-refractivity contribution in [3.8, 4) is 0 Å². The minimum Gasteiger partial charge on any atom is -0.355 e. The second-order valence-electron chi connectivity index (χ2n) is 5.75. The van der Waals surface area contributed by atoms with Gasteiger partial charge in [-0.3, -0.25) is 0 Å². The van der Waals surface area contributed by atoms with Crippen LogP contribution in [0.3, 0.4) is 0 Å². The van der Waals surface area contributed by atoms with Gasteiger partial charge in [0.2, 0.25) is 0 Å². The van der Waals surface area contributed by atoms with Gasteiger partial charge in [0.05, 0.1) is 39.2 Å². The quantitative estimate of drug-likeness (QED) is 0.702. The van der Waals surface area contributed by atoms with Crippen molar-refractivity contribution >= 4 is 11.4 Å². The van der Waals surface area contributed by atoms with Crippen molar-refractivity contribution in [2.45, 2.75) is 6.92 Å². The Bertz CT molecular complexity index is 393. The van der Waals surface area contributed by atoms with Crippen molar-refractivity contribution in [3.63, 3.8) is 0 Å². The Morgan fingerprint density at radius 3 is 2.56 bits per heavy atom. The lowest BCUT2D eigenvalue weighted by Crippen LogP contribution is -2.46. The molecule has 0 saturated heterocycles. The fourth-order valence-corrected chi connectivity index (χ4v) is 2.39. The van der Waals surface area contributed by atoms with Crippen LogP contribution in [0.4, 0.5) is 11.4 Å². The molecule has 2 rings (SSSR count). The highest BCUT2D eigenvalue weighted by molar-refractivity contribution is 5.78. The normalized spacial score (nSPS) is 15.6. The van der Waals surface area contributed by atoms with Gasteiger partial charge in [-0.15, -0.1) is 0 Å². The van der Waals surface area contributed by atoms with Crippen LogP contribution in [0.1, 0.15) is 5.56 Å². The van der Waals surface area contributed by atoms with Crippen LogP contribution in [0, 0.1) is 6.92 Å². The average molecular weight is 220 g/mol. The first kappa shape index (κ1) is 11.3. The van der Waals surface area contributed by atoms with Crippen molar-refractivity contribution in [1.29, 1.82) is 0 Å². The van der Waals surface area contributed by atoms with Gasteiger partial charge >= 0.3 is 0 Å². The van der Waals surface area contributed by atoms with E-state index in [-0.39, 0.29) is 0 Å². The third kappa shape index (κ3) is 2.00. The monoisotopic (exact) mass is 220 g/mol. The van der Waals surface area contributed by atoms with E-state index in [1.807, 2.05) is 0 Å². The van der Waals surface area contributed by atoms with Gasteiger partial charge in [-0.1, -0.05) is 12.1 Å². The second-order valence-corrected chi connectivity index (χ2v) is 5.75. The van der Waals surface area contributed by atoms with E-state index in [1.165, 1.54) is 16.9 Å². The Balaban J connectivity index is 2.35. The predicted octanol–water partition coefficient (Wildman–Crippen LogP) is 1.87. The first-order chi connectivity index (χ1) is 7.38. The molecule has 0 saturated carbocycles. The summed E-state index contributed by atoms with van der Waals surface area (Å²) in [5.41, 5.74) is 4.13. The first-order valence-electron chi connectivity index (χ1n) is 5.74. The summed E-state index contributed by atoms with van der Waals surface area (Å²) in [5, 5.41) is 0. The minimum absolute atomic E-state index is 0.960. The van der Waals surface area contributed by atoms with Crippen molar-refractivity contribution in [2.24, 2.45) is 0 Å². The van der Waals surface area contributed by atoms with Crippen LogP contribution in [-0.2, 0) is 0 Å². The fraction of sp³-hybridized carbons (Fsp3) is 0.538. The third-order valence-electron chi connectivity index (χ3n) is 2.92. The van der Waals surface area contributed by atoms with Gasteiger partial charge in [0.15, 0.2) is 6.67 Å². The molecule has 0 aromatic heterocycles. The highest BCUT2D eigenvalue weighted by Gasteiger charge is 2.27. The SMILES string of the molecule is Cc1cccc2c1N(C[N+](C)(C)C)CN2C. The molecule has 0 bridgehead atoms. The standard InChI is InChI=1S/C13H22N3/c1-11-7-6-8-12-13(11)15(9-14(12)2)10-16(3,4)5/h6-8H,9-10H2,1-5H3/q+1. The van der Waals surface area contributed by atoms with Crippen molar-refractivity contribution < 1.29 is 4.48 Å². The molecule has 0 unspecified atom stereocenters. The summed E-state index contributed by atoms with van der Waals surface area (Å²) in [7, 11) is 8.86. The number of hydrogen-bond acceptors (Lipinski definition) is 2. The number of quaternary nitrogens is 1. The molecule has 16 heavy (non-hydrogen) atoms. The number of benzene rings is 1. The first-order valence-corrected chi connectivity index (χ1v) is 5.74. The summed E-state index contributed by atoms with van der Waals surface area (Å²) in [4.78, 5) is 4.78. The molecule has 1 aliphatic heterocycles. The average Bonchev–Trinajstić information content (AvgIpc) is 2.42. The molecule has 0 amide bonds. The van der Waals surface area contributed by atoms with Gasteiger partial charge in [-0.05, 0) is 18.6 Å². The molecule has 1 aromatic rings. The molecule has 0 atom stereocenters. The van der Waals surface area contributed by atoms with Gasteiger partial charge in [0, 0.05) is 7.05 Å². The Labute approximate surface area is 98.5 Å². The Kier molecular flexibility index (Phi) is 2.58. The highest BCUT2D eigenvalue weighted by Crippen LogP contribution is 2.37. The van der Waals surface area contributed by atoms with Gasteiger partial charge < -0.3 is 14.3 Å². The molecule has 88 valence electrons. The summed E-state index contributed by atoms with van der Waals surface area (Å²) in [6.45, 7) is 4.23. The van der Waals surface area contributed by atoms with Crippen LogP contribution in [0.2, 0.25) is 0 Å². The molecule has 3 heteroatoms. The highest BCUT2D eigenvalue weighted by atomic mass is 15.5. The molecule has 0 N–H and O–H groups in total. The molecule has 0 aliphatic carbocycles. The lowest BCUT2D eigenvalue weighted by molar-refractivity contribution is -0.869. The largest absolute Gasteiger partial charge is 0.355 e. The summed E-state index contributed by atoms with van der Waals surface area (Å²) >= 11 is 0. The number of hydrogen-bond donors (Lipinski definition) is 0. The third-order valence-corrected chi connectivity index (χ3v) is 2.92. The van der Waals surface area contributed by atoms with E-state index < -0.39 is 0 Å². The van der Waals surface area contributed by atoms with Crippen LogP contribution < -0.4 is 9.80 Å². The minimum atomic E-state index is 0.960. The van der Waals surface area contributed by atoms with E-state index in [0.717, 1.165) is 17.8 Å². The second kappa shape index (κ2) is 3.67. The van der Waals surface area contributed by atoms with Crippen molar-refractivity contribution in [1.82, 2.24) is 0 Å². The zero-order chi connectivity index (χ0) is 11.9. The Morgan fingerprint density at radius 1 is 1.25 bits per heavy atom. The maximum atomic E-state index is 2.46. The zero-order valence-corrected chi connectivity index (χ0v) is 11.0. The van der Waals surface area contributed by atoms with E-state index in [0.29, 0.717) is 0 Å². The van der Waals surface area contributed by atoms with E-state index in [2.05, 4.69) is 63.1 Å². The predicted molar refractivity (Wildman–Crippen MR) is 69.8 cm³/mol. The van der Waals surface area contributed by atoms with E-state index in [1.54, 1.807) is 0 Å². The lowest BCUT2D eigenvalue weighted by Gasteiger charge is -2.31. The molecule has 1 aliphatic rings. The maximum absolute atomic E-state index is 2.46. The number of anilines is 2. The summed E-state index contributed by atoms with van der Waals surface area (Å²) < 4.78 is 0.960. The Hall–Kier alpha value is -1.22. The van der Waals surface area contributed by atoms with Crippen LogP contribution in [0.25, 0.3) is 0 Å². The zero-order valence-electron chi connectivity index (χ0n) is 11.0. The molecule has 1 aromatic carbocycles. The van der Waals surface area contributed by atoms with Crippen LogP contribution >= 0.6 is 0 Å². The molecular weight excluding hydrogens is 198 g/mol. The number of fused-ring (bicyclic) bond motifs is 1. The lowest BCUT2D eigenvalue weighted by atomic mass is 10.1. The summed E-state index contributed by atoms with van der Waals surface area (Å²) in [6.07, 6.45) is 0. The molecule has 0 radical (unpaired) electrons. The summed E-state index contributed by atoms with van der Waals surface area (Å²) in [5.74, 6) is 0. The van der Waals surface area contributed by atoms with E-state index >= 15 is 0 Å². The van der Waals surface area contributed by atoms with Crippen LogP contribution in [-0.4, -0.2) is 46.0 Å². The molecule has 1 heterocycles. The van der Waals surface area contributed by atoms with Gasteiger partial charge in [0.25, 0.3) is 0 Å². The van der Waals surface area contributed by atoms with Crippen molar-refractivity contribution in [3.05, 3.63) is 23.8 Å². The van der Waals surface area contributed by atoms with Crippen molar-refractivity contribution in [2.75, 3.05) is 51.3 Å². The number of aryl methyl sites for hydroxylation is 1. The fourth-order valence-electron chi connectivity index (χ4n) is 2.39.